The minimum Gasteiger partial charge on any atom is -0.444 e. The van der Waals surface area contributed by atoms with Gasteiger partial charge in [-0.3, -0.25) is 0 Å². The molecule has 2 N–H and O–H groups in total. The number of carbonyl (C=O) groups excluding carboxylic acids is 1. The van der Waals surface area contributed by atoms with Crippen LogP contribution in [0.25, 0.3) is 0 Å². The van der Waals surface area contributed by atoms with Crippen LogP contribution in [0, 0.1) is 5.82 Å². The van der Waals surface area contributed by atoms with Crippen LogP contribution in [0.4, 0.5) is 18.0 Å². The van der Waals surface area contributed by atoms with Crippen molar-refractivity contribution in [1.29, 1.82) is 0 Å². The fourth-order valence-corrected chi connectivity index (χ4v) is 2.20. The molecule has 0 saturated carbocycles. The second-order valence-electron chi connectivity index (χ2n) is 7.28. The second-order valence-corrected chi connectivity index (χ2v) is 7.28. The Morgan fingerprint density at radius 1 is 1.28 bits per heavy atom. The number of alkyl halides is 2. The molecule has 0 saturated heterocycles. The lowest BCUT2D eigenvalue weighted by atomic mass is 9.87. The quantitative estimate of drug-likeness (QED) is 0.802. The Bertz CT molecular complexity index is 624. The molecule has 0 spiro atoms. The third-order valence-electron chi connectivity index (χ3n) is 3.93. The molecular weight excluding hydrogens is 335 g/mol. The van der Waals surface area contributed by atoms with Gasteiger partial charge >= 0.3 is 12.0 Å². The molecule has 0 aromatic heterocycles. The van der Waals surface area contributed by atoms with Gasteiger partial charge in [-0.15, -0.1) is 0 Å². The first kappa shape index (κ1) is 21.3. The van der Waals surface area contributed by atoms with Crippen LogP contribution in [0.1, 0.15) is 65.1 Å². The molecule has 1 rings (SSSR count). The van der Waals surface area contributed by atoms with Crippen molar-refractivity contribution in [3.05, 3.63) is 35.1 Å². The van der Waals surface area contributed by atoms with Crippen LogP contribution in [-0.4, -0.2) is 22.4 Å². The van der Waals surface area contributed by atoms with Crippen molar-refractivity contribution < 1.29 is 27.8 Å². The van der Waals surface area contributed by atoms with Crippen LogP contribution in [0.5, 0.6) is 0 Å². The van der Waals surface area contributed by atoms with Crippen molar-refractivity contribution in [1.82, 2.24) is 5.32 Å². The van der Waals surface area contributed by atoms with Crippen molar-refractivity contribution in [2.75, 3.05) is 0 Å². The number of rotatable bonds is 5. The SMILES string of the molecule is CC[C@@](C)(O)C(F)(F)c1cccc([C@@H](C)NC(=O)OC(C)(C)C)c1F. The first-order valence-electron chi connectivity index (χ1n) is 8.11. The van der Waals surface area contributed by atoms with Gasteiger partial charge in [0.2, 0.25) is 0 Å². The lowest BCUT2D eigenvalue weighted by molar-refractivity contribution is -0.181. The summed E-state index contributed by atoms with van der Waals surface area (Å²) in [6.07, 6.45) is -1.04. The summed E-state index contributed by atoms with van der Waals surface area (Å²) in [7, 11) is 0. The molecule has 1 aromatic rings. The van der Waals surface area contributed by atoms with E-state index in [1.165, 1.54) is 26.0 Å². The maximum Gasteiger partial charge on any atom is 0.408 e. The Hall–Kier alpha value is -1.76. The van der Waals surface area contributed by atoms with Crippen molar-refractivity contribution in [2.45, 2.75) is 71.1 Å². The van der Waals surface area contributed by atoms with Gasteiger partial charge in [0.15, 0.2) is 0 Å². The zero-order chi connectivity index (χ0) is 19.6. The number of carbonyl (C=O) groups is 1. The van der Waals surface area contributed by atoms with Gasteiger partial charge < -0.3 is 15.2 Å². The largest absolute Gasteiger partial charge is 0.444 e. The standard InChI is InChI=1S/C18H26F3NO3/c1-7-17(6,24)18(20,21)13-10-8-9-12(14(13)19)11(2)22-15(23)25-16(3,4)5/h8-11,24H,7H2,1-6H3,(H,22,23)/t11-,17-/m1/s1. The van der Waals surface area contributed by atoms with Crippen LogP contribution in [0.3, 0.4) is 0 Å². The topological polar surface area (TPSA) is 58.6 Å². The highest BCUT2D eigenvalue weighted by Crippen LogP contribution is 2.42. The number of alkyl carbamates (subject to hydrolysis) is 1. The van der Waals surface area contributed by atoms with Gasteiger partial charge in [0.25, 0.3) is 0 Å². The van der Waals surface area contributed by atoms with E-state index >= 15 is 0 Å². The highest BCUT2D eigenvalue weighted by Gasteiger charge is 2.51. The summed E-state index contributed by atoms with van der Waals surface area (Å²) in [5, 5.41) is 12.3. The van der Waals surface area contributed by atoms with Gasteiger partial charge in [0.1, 0.15) is 17.0 Å². The fourth-order valence-electron chi connectivity index (χ4n) is 2.20. The van der Waals surface area contributed by atoms with E-state index in [0.29, 0.717) is 0 Å². The van der Waals surface area contributed by atoms with Gasteiger partial charge in [-0.25, -0.2) is 9.18 Å². The molecule has 25 heavy (non-hydrogen) atoms. The van der Waals surface area contributed by atoms with E-state index in [-0.39, 0.29) is 12.0 Å². The van der Waals surface area contributed by atoms with E-state index in [0.717, 1.165) is 13.0 Å². The molecule has 2 atom stereocenters. The van der Waals surface area contributed by atoms with Crippen LogP contribution in [0.2, 0.25) is 0 Å². The smallest absolute Gasteiger partial charge is 0.408 e. The van der Waals surface area contributed by atoms with Crippen molar-refractivity contribution >= 4 is 6.09 Å². The average Bonchev–Trinajstić information content (AvgIpc) is 2.44. The Morgan fingerprint density at radius 2 is 1.84 bits per heavy atom. The maximum atomic E-state index is 14.7. The van der Waals surface area contributed by atoms with E-state index in [2.05, 4.69) is 5.32 Å². The summed E-state index contributed by atoms with van der Waals surface area (Å²) in [5.74, 6) is -4.95. The molecule has 0 radical (unpaired) electrons. The molecule has 4 nitrogen and oxygen atoms in total. The normalized spacial score (nSPS) is 16.1. The molecule has 0 aliphatic rings. The van der Waals surface area contributed by atoms with Gasteiger partial charge in [-0.2, -0.15) is 8.78 Å². The summed E-state index contributed by atoms with van der Waals surface area (Å²) in [6, 6.07) is 2.61. The monoisotopic (exact) mass is 361 g/mol. The van der Waals surface area contributed by atoms with Crippen LogP contribution >= 0.6 is 0 Å². The molecule has 0 heterocycles. The summed E-state index contributed by atoms with van der Waals surface area (Å²) in [6.45, 7) is 8.83. The number of hydrogen-bond acceptors (Lipinski definition) is 3. The minimum atomic E-state index is -3.78. The molecule has 7 heteroatoms. The van der Waals surface area contributed by atoms with E-state index in [4.69, 9.17) is 4.74 Å². The lowest BCUT2D eigenvalue weighted by Crippen LogP contribution is -2.43. The Labute approximate surface area is 146 Å². The van der Waals surface area contributed by atoms with E-state index in [1.54, 1.807) is 20.8 Å². The summed E-state index contributed by atoms with van der Waals surface area (Å²) < 4.78 is 48.8. The van der Waals surface area contributed by atoms with Crippen molar-refractivity contribution in [2.24, 2.45) is 0 Å². The van der Waals surface area contributed by atoms with E-state index in [1.807, 2.05) is 0 Å². The molecule has 0 aliphatic carbocycles. The number of hydrogen-bond donors (Lipinski definition) is 2. The molecule has 0 unspecified atom stereocenters. The van der Waals surface area contributed by atoms with Gasteiger partial charge in [0.05, 0.1) is 11.6 Å². The number of halogens is 3. The average molecular weight is 361 g/mol. The van der Waals surface area contributed by atoms with Crippen LogP contribution < -0.4 is 5.32 Å². The lowest BCUT2D eigenvalue weighted by Gasteiger charge is -2.32. The maximum absolute atomic E-state index is 14.7. The zero-order valence-electron chi connectivity index (χ0n) is 15.4. The first-order chi connectivity index (χ1) is 11.2. The van der Waals surface area contributed by atoms with E-state index < -0.39 is 40.6 Å². The second kappa shape index (κ2) is 7.23. The molecule has 1 amide bonds. The number of amides is 1. The van der Waals surface area contributed by atoms with E-state index in [9.17, 15) is 23.1 Å². The molecule has 0 bridgehead atoms. The Kier molecular flexibility index (Phi) is 6.16. The number of aliphatic hydroxyl groups is 1. The van der Waals surface area contributed by atoms with Gasteiger partial charge in [-0.1, -0.05) is 19.1 Å². The van der Waals surface area contributed by atoms with Crippen LogP contribution in [-0.2, 0) is 10.7 Å². The van der Waals surface area contributed by atoms with Gasteiger partial charge in [-0.05, 0) is 47.1 Å². The van der Waals surface area contributed by atoms with Crippen molar-refractivity contribution in [3.63, 3.8) is 0 Å². The predicted octanol–water partition coefficient (Wildman–Crippen LogP) is 4.66. The summed E-state index contributed by atoms with van der Waals surface area (Å²) >= 11 is 0. The minimum absolute atomic E-state index is 0.116. The third kappa shape index (κ3) is 4.87. The number of benzene rings is 1. The highest BCUT2D eigenvalue weighted by atomic mass is 19.3. The summed E-state index contributed by atoms with van der Waals surface area (Å²) in [5.41, 5.74) is -4.16. The van der Waals surface area contributed by atoms with Gasteiger partial charge in [0, 0.05) is 5.56 Å². The zero-order valence-corrected chi connectivity index (χ0v) is 15.4. The molecule has 142 valence electrons. The predicted molar refractivity (Wildman–Crippen MR) is 89.0 cm³/mol. The van der Waals surface area contributed by atoms with Crippen LogP contribution in [0.15, 0.2) is 18.2 Å². The molecular formula is C18H26F3NO3. The summed E-state index contributed by atoms with van der Waals surface area (Å²) in [4.78, 5) is 11.8. The Balaban J connectivity index is 3.14. The molecule has 0 aliphatic heterocycles. The molecule has 1 aromatic carbocycles. The highest BCUT2D eigenvalue weighted by molar-refractivity contribution is 5.68. The first-order valence-corrected chi connectivity index (χ1v) is 8.11. The number of ether oxygens (including phenoxy) is 1. The molecule has 0 fully saturated rings. The number of nitrogens with one attached hydrogen (secondary N) is 1. The van der Waals surface area contributed by atoms with Crippen molar-refractivity contribution in [3.8, 4) is 0 Å². The third-order valence-corrected chi connectivity index (χ3v) is 3.93. The fraction of sp³-hybridized carbons (Fsp3) is 0.611. The Morgan fingerprint density at radius 3 is 2.32 bits per heavy atom.